The van der Waals surface area contributed by atoms with Gasteiger partial charge in [-0.2, -0.15) is 0 Å². The fourth-order valence-corrected chi connectivity index (χ4v) is 3.30. The van der Waals surface area contributed by atoms with Crippen LogP contribution in [0.15, 0.2) is 48.0 Å². The van der Waals surface area contributed by atoms with E-state index in [1.807, 2.05) is 55.6 Å². The minimum absolute atomic E-state index is 0.0583. The lowest BCUT2D eigenvalue weighted by molar-refractivity contribution is -0.116. The summed E-state index contributed by atoms with van der Waals surface area (Å²) in [5, 5.41) is 5.32. The van der Waals surface area contributed by atoms with Gasteiger partial charge >= 0.3 is 0 Å². The molecule has 0 aliphatic heterocycles. The Hall–Kier alpha value is -2.73. The predicted octanol–water partition coefficient (Wildman–Crippen LogP) is 4.62. The topological polar surface area (TPSA) is 64.1 Å². The summed E-state index contributed by atoms with van der Waals surface area (Å²) in [6, 6.07) is 11.7. The van der Waals surface area contributed by atoms with E-state index in [1.165, 1.54) is 11.3 Å². The number of nitrogens with one attached hydrogen (secondary N) is 1. The maximum atomic E-state index is 12.1. The van der Waals surface area contributed by atoms with Gasteiger partial charge in [0.15, 0.2) is 5.13 Å². The lowest BCUT2D eigenvalue weighted by Gasteiger charge is -2.11. The molecule has 3 rings (SSSR count). The van der Waals surface area contributed by atoms with Crippen LogP contribution >= 0.6 is 11.3 Å². The van der Waals surface area contributed by atoms with Crippen molar-refractivity contribution in [3.05, 3.63) is 59.1 Å². The zero-order valence-electron chi connectivity index (χ0n) is 14.9. The molecule has 5 nitrogen and oxygen atoms in total. The second-order valence-corrected chi connectivity index (χ2v) is 6.83. The molecule has 0 unspecified atom stereocenters. The van der Waals surface area contributed by atoms with Crippen molar-refractivity contribution in [1.29, 1.82) is 0 Å². The molecule has 0 saturated carbocycles. The normalized spacial score (nSPS) is 10.5. The summed E-state index contributed by atoms with van der Waals surface area (Å²) in [5.41, 5.74) is 3.79. The van der Waals surface area contributed by atoms with E-state index in [9.17, 15) is 4.79 Å². The van der Waals surface area contributed by atoms with Gasteiger partial charge in [-0.3, -0.25) is 9.78 Å². The summed E-state index contributed by atoms with van der Waals surface area (Å²) in [6.07, 6.45) is 2.77. The number of aromatic nitrogens is 2. The number of aryl methyl sites for hydroxylation is 2. The van der Waals surface area contributed by atoms with E-state index in [-0.39, 0.29) is 5.91 Å². The average molecular weight is 367 g/mol. The van der Waals surface area contributed by atoms with Crippen LogP contribution in [-0.4, -0.2) is 22.5 Å². The lowest BCUT2D eigenvalue weighted by Crippen LogP contribution is -2.13. The van der Waals surface area contributed by atoms with Crippen LogP contribution in [0.5, 0.6) is 5.75 Å². The number of anilines is 1. The van der Waals surface area contributed by atoms with Crippen LogP contribution in [0.3, 0.4) is 0 Å². The number of pyridine rings is 1. The van der Waals surface area contributed by atoms with Crippen molar-refractivity contribution in [3.8, 4) is 17.1 Å². The summed E-state index contributed by atoms with van der Waals surface area (Å²) >= 11 is 1.40. The van der Waals surface area contributed by atoms with Crippen molar-refractivity contribution in [2.24, 2.45) is 0 Å². The minimum atomic E-state index is -0.0583. The largest absolute Gasteiger partial charge is 0.493 e. The van der Waals surface area contributed by atoms with Gasteiger partial charge in [0.25, 0.3) is 0 Å². The van der Waals surface area contributed by atoms with Gasteiger partial charge in [0.05, 0.1) is 12.3 Å². The highest BCUT2D eigenvalue weighted by Gasteiger charge is 2.09. The van der Waals surface area contributed by atoms with E-state index in [0.717, 1.165) is 28.3 Å². The minimum Gasteiger partial charge on any atom is -0.493 e. The molecule has 1 N–H and O–H groups in total. The Bertz CT molecular complexity index is 858. The maximum absolute atomic E-state index is 12.1. The Kier molecular flexibility index (Phi) is 5.96. The highest BCUT2D eigenvalue weighted by Crippen LogP contribution is 2.24. The molecule has 0 saturated heterocycles. The standard InChI is InChI=1S/C20H21N3O2S/c1-14-7-5-8-15(2)19(14)25-12-6-10-18(24)23-20-22-17(13-26-20)16-9-3-4-11-21-16/h3-5,7-9,11,13H,6,10,12H2,1-2H3,(H,22,23,24). The number of amides is 1. The van der Waals surface area contributed by atoms with Gasteiger partial charge in [0.2, 0.25) is 5.91 Å². The van der Waals surface area contributed by atoms with Gasteiger partial charge in [-0.1, -0.05) is 24.3 Å². The third kappa shape index (κ3) is 4.67. The highest BCUT2D eigenvalue weighted by atomic mass is 32.1. The summed E-state index contributed by atoms with van der Waals surface area (Å²) in [5.74, 6) is 0.852. The lowest BCUT2D eigenvalue weighted by atomic mass is 10.1. The van der Waals surface area contributed by atoms with Crippen molar-refractivity contribution >= 4 is 22.4 Å². The molecule has 3 aromatic rings. The zero-order chi connectivity index (χ0) is 18.4. The molecule has 134 valence electrons. The van der Waals surface area contributed by atoms with Crippen LogP contribution in [0.4, 0.5) is 5.13 Å². The first-order valence-corrected chi connectivity index (χ1v) is 9.37. The van der Waals surface area contributed by atoms with Crippen LogP contribution in [0, 0.1) is 13.8 Å². The Morgan fingerprint density at radius 3 is 2.65 bits per heavy atom. The second kappa shape index (κ2) is 8.58. The number of hydrogen-bond donors (Lipinski definition) is 1. The number of thiazole rings is 1. The third-order valence-corrected chi connectivity index (χ3v) is 4.64. The molecule has 1 amide bonds. The molecule has 0 aliphatic carbocycles. The Morgan fingerprint density at radius 1 is 1.12 bits per heavy atom. The van der Waals surface area contributed by atoms with Crippen molar-refractivity contribution in [2.75, 3.05) is 11.9 Å². The number of carbonyl (C=O) groups excluding carboxylic acids is 1. The predicted molar refractivity (Wildman–Crippen MR) is 105 cm³/mol. The van der Waals surface area contributed by atoms with E-state index in [0.29, 0.717) is 24.6 Å². The maximum Gasteiger partial charge on any atom is 0.226 e. The molecule has 0 aliphatic rings. The number of nitrogens with zero attached hydrogens (tertiary/aromatic N) is 2. The molecular weight excluding hydrogens is 346 g/mol. The molecule has 0 atom stereocenters. The van der Waals surface area contributed by atoms with Crippen LogP contribution in [0.2, 0.25) is 0 Å². The fourth-order valence-electron chi connectivity index (χ4n) is 2.58. The van der Waals surface area contributed by atoms with Gasteiger partial charge in [0.1, 0.15) is 11.4 Å². The molecule has 2 aromatic heterocycles. The average Bonchev–Trinajstić information content (AvgIpc) is 3.10. The first kappa shape index (κ1) is 18.1. The van der Waals surface area contributed by atoms with E-state index in [4.69, 9.17) is 4.74 Å². The van der Waals surface area contributed by atoms with E-state index < -0.39 is 0 Å². The monoisotopic (exact) mass is 367 g/mol. The second-order valence-electron chi connectivity index (χ2n) is 5.97. The highest BCUT2D eigenvalue weighted by molar-refractivity contribution is 7.14. The molecule has 26 heavy (non-hydrogen) atoms. The summed E-state index contributed by atoms with van der Waals surface area (Å²) in [4.78, 5) is 20.8. The smallest absolute Gasteiger partial charge is 0.226 e. The third-order valence-electron chi connectivity index (χ3n) is 3.88. The SMILES string of the molecule is Cc1cccc(C)c1OCCCC(=O)Nc1nc(-c2ccccn2)cs1. The van der Waals surface area contributed by atoms with Gasteiger partial charge in [-0.15, -0.1) is 11.3 Å². The number of carbonyl (C=O) groups is 1. The molecule has 0 radical (unpaired) electrons. The summed E-state index contributed by atoms with van der Waals surface area (Å²) < 4.78 is 5.83. The van der Waals surface area contributed by atoms with Crippen molar-refractivity contribution in [1.82, 2.24) is 9.97 Å². The molecule has 6 heteroatoms. The van der Waals surface area contributed by atoms with Crippen molar-refractivity contribution < 1.29 is 9.53 Å². The van der Waals surface area contributed by atoms with Gasteiger partial charge in [-0.05, 0) is 43.5 Å². The quantitative estimate of drug-likeness (QED) is 0.619. The van der Waals surface area contributed by atoms with E-state index >= 15 is 0 Å². The Balaban J connectivity index is 1.46. The van der Waals surface area contributed by atoms with E-state index in [2.05, 4.69) is 15.3 Å². The molecular formula is C20H21N3O2S. The Morgan fingerprint density at radius 2 is 1.92 bits per heavy atom. The van der Waals surface area contributed by atoms with Gasteiger partial charge in [-0.25, -0.2) is 4.98 Å². The number of hydrogen-bond acceptors (Lipinski definition) is 5. The van der Waals surface area contributed by atoms with Crippen LogP contribution < -0.4 is 10.1 Å². The number of rotatable bonds is 7. The van der Waals surface area contributed by atoms with Crippen LogP contribution in [0.25, 0.3) is 11.4 Å². The molecule has 1 aromatic carbocycles. The summed E-state index contributed by atoms with van der Waals surface area (Å²) in [7, 11) is 0. The molecule has 0 fully saturated rings. The van der Waals surface area contributed by atoms with Gasteiger partial charge in [0, 0.05) is 18.0 Å². The Labute approximate surface area is 157 Å². The van der Waals surface area contributed by atoms with Crippen LogP contribution in [0.1, 0.15) is 24.0 Å². The van der Waals surface area contributed by atoms with Crippen molar-refractivity contribution in [2.45, 2.75) is 26.7 Å². The molecule has 0 bridgehead atoms. The van der Waals surface area contributed by atoms with Gasteiger partial charge < -0.3 is 10.1 Å². The molecule has 0 spiro atoms. The number of para-hydroxylation sites is 1. The molecule has 2 heterocycles. The first-order valence-electron chi connectivity index (χ1n) is 8.49. The number of ether oxygens (including phenoxy) is 1. The fraction of sp³-hybridized carbons (Fsp3) is 0.250. The van der Waals surface area contributed by atoms with Crippen molar-refractivity contribution in [3.63, 3.8) is 0 Å². The van der Waals surface area contributed by atoms with E-state index in [1.54, 1.807) is 6.20 Å². The van der Waals surface area contributed by atoms with Crippen LogP contribution in [-0.2, 0) is 4.79 Å². The zero-order valence-corrected chi connectivity index (χ0v) is 15.7. The number of benzene rings is 1. The summed E-state index contributed by atoms with van der Waals surface area (Å²) in [6.45, 7) is 4.56. The first-order chi connectivity index (χ1) is 12.6.